The number of hydrogen-bond acceptors (Lipinski definition) is 8. The monoisotopic (exact) mass is 371 g/mol. The fraction of sp³-hybridized carbons (Fsp3) is 0.357. The summed E-state index contributed by atoms with van der Waals surface area (Å²) in [7, 11) is 0. The summed E-state index contributed by atoms with van der Waals surface area (Å²) in [5.74, 6) is 3.52. The second kappa shape index (κ2) is 9.55. The summed E-state index contributed by atoms with van der Waals surface area (Å²) in [4.78, 5) is 54.6. The Kier molecular flexibility index (Phi) is 7.76. The van der Waals surface area contributed by atoms with Gasteiger partial charge in [0.25, 0.3) is 17.7 Å². The molecule has 0 radical (unpaired) electrons. The maximum atomic E-state index is 11.8. The molecule has 10 nitrogen and oxygen atoms in total. The number of carbonyl (C=O) groups is 4. The number of nitrogens with one attached hydrogen (secondary N) is 2. The van der Waals surface area contributed by atoms with Crippen LogP contribution in [0.3, 0.4) is 0 Å². The normalized spacial score (nSPS) is 13.2. The van der Waals surface area contributed by atoms with Crippen molar-refractivity contribution in [1.29, 1.82) is 0 Å². The van der Waals surface area contributed by atoms with Crippen LogP contribution in [0.2, 0.25) is 0 Å². The molecular weight excluding hydrogens is 354 g/mol. The predicted octanol–water partition coefficient (Wildman–Crippen LogP) is -0.0938. The molecule has 136 valence electrons. The molecule has 3 amide bonds. The van der Waals surface area contributed by atoms with E-state index in [0.717, 1.165) is 0 Å². The molecule has 25 heavy (non-hydrogen) atoms. The SMILES string of the molecule is Cl.NNc1ccc(C(=O)NCCCC(=O)ON2C(=O)CCC2=O)cn1. The van der Waals surface area contributed by atoms with Gasteiger partial charge in [-0.3, -0.25) is 14.4 Å². The lowest BCUT2D eigenvalue weighted by molar-refractivity contribution is -0.197. The lowest BCUT2D eigenvalue weighted by Crippen LogP contribution is -2.32. The summed E-state index contributed by atoms with van der Waals surface area (Å²) in [6.07, 6.45) is 1.73. The van der Waals surface area contributed by atoms with Gasteiger partial charge in [0.2, 0.25) is 0 Å². The Morgan fingerprint density at radius 3 is 2.48 bits per heavy atom. The van der Waals surface area contributed by atoms with Crippen LogP contribution in [0.5, 0.6) is 0 Å². The first-order chi connectivity index (χ1) is 11.5. The molecule has 11 heteroatoms. The van der Waals surface area contributed by atoms with Gasteiger partial charge in [0.15, 0.2) is 0 Å². The number of rotatable bonds is 7. The molecule has 2 heterocycles. The minimum Gasteiger partial charge on any atom is -0.352 e. The van der Waals surface area contributed by atoms with Crippen molar-refractivity contribution in [2.45, 2.75) is 25.7 Å². The number of halogens is 1. The molecule has 0 unspecified atom stereocenters. The molecule has 1 aromatic heterocycles. The summed E-state index contributed by atoms with van der Waals surface area (Å²) in [5, 5.41) is 3.12. The van der Waals surface area contributed by atoms with Crippen LogP contribution in [0.15, 0.2) is 18.3 Å². The molecular formula is C14H18ClN5O5. The molecule has 0 saturated carbocycles. The van der Waals surface area contributed by atoms with Crippen LogP contribution in [0.1, 0.15) is 36.0 Å². The van der Waals surface area contributed by atoms with Crippen LogP contribution in [0, 0.1) is 0 Å². The van der Waals surface area contributed by atoms with Gasteiger partial charge in [-0.05, 0) is 18.6 Å². The van der Waals surface area contributed by atoms with E-state index in [-0.39, 0.29) is 44.1 Å². The Morgan fingerprint density at radius 2 is 1.92 bits per heavy atom. The van der Waals surface area contributed by atoms with E-state index in [9.17, 15) is 19.2 Å². The van der Waals surface area contributed by atoms with Gasteiger partial charge in [0.1, 0.15) is 5.82 Å². The summed E-state index contributed by atoms with van der Waals surface area (Å²) in [6, 6.07) is 3.10. The Labute approximate surface area is 149 Å². The van der Waals surface area contributed by atoms with Crippen LogP contribution >= 0.6 is 12.4 Å². The number of hydroxylamine groups is 2. The van der Waals surface area contributed by atoms with E-state index in [1.165, 1.54) is 6.20 Å². The number of hydrogen-bond donors (Lipinski definition) is 3. The maximum Gasteiger partial charge on any atom is 0.333 e. The Hall–Kier alpha value is -2.72. The molecule has 4 N–H and O–H groups in total. The summed E-state index contributed by atoms with van der Waals surface area (Å²) < 4.78 is 0. The van der Waals surface area contributed by atoms with Crippen molar-refractivity contribution >= 4 is 41.9 Å². The zero-order valence-electron chi connectivity index (χ0n) is 13.2. The Balaban J connectivity index is 0.00000312. The number of anilines is 1. The van der Waals surface area contributed by atoms with Crippen molar-refractivity contribution in [2.75, 3.05) is 12.0 Å². The van der Waals surface area contributed by atoms with Gasteiger partial charge in [0, 0.05) is 32.0 Å². The summed E-state index contributed by atoms with van der Waals surface area (Å²) >= 11 is 0. The van der Waals surface area contributed by atoms with Crippen LogP contribution in [-0.2, 0) is 19.2 Å². The minimum atomic E-state index is -0.701. The van der Waals surface area contributed by atoms with Gasteiger partial charge in [-0.2, -0.15) is 0 Å². The van der Waals surface area contributed by atoms with E-state index in [2.05, 4.69) is 15.7 Å². The second-order valence-electron chi connectivity index (χ2n) is 4.98. The van der Waals surface area contributed by atoms with E-state index in [0.29, 0.717) is 22.9 Å². The number of aromatic nitrogens is 1. The smallest absolute Gasteiger partial charge is 0.333 e. The van der Waals surface area contributed by atoms with Gasteiger partial charge >= 0.3 is 5.97 Å². The molecule has 0 aromatic carbocycles. The van der Waals surface area contributed by atoms with E-state index >= 15 is 0 Å². The average molecular weight is 372 g/mol. The second-order valence-corrected chi connectivity index (χ2v) is 4.98. The molecule has 0 bridgehead atoms. The van der Waals surface area contributed by atoms with E-state index in [4.69, 9.17) is 10.7 Å². The largest absolute Gasteiger partial charge is 0.352 e. The van der Waals surface area contributed by atoms with Crippen LogP contribution in [-0.4, -0.2) is 40.3 Å². The van der Waals surface area contributed by atoms with Crippen molar-refractivity contribution in [3.8, 4) is 0 Å². The van der Waals surface area contributed by atoms with Crippen LogP contribution < -0.4 is 16.6 Å². The molecule has 1 aromatic rings. The number of nitrogens with two attached hydrogens (primary N) is 1. The summed E-state index contributed by atoms with van der Waals surface area (Å²) in [5.41, 5.74) is 2.70. The van der Waals surface area contributed by atoms with Gasteiger partial charge in [-0.1, -0.05) is 0 Å². The quantitative estimate of drug-likeness (QED) is 0.261. The van der Waals surface area contributed by atoms with E-state index < -0.39 is 17.8 Å². The predicted molar refractivity (Wildman–Crippen MR) is 88.0 cm³/mol. The molecule has 0 aliphatic carbocycles. The first-order valence-corrected chi connectivity index (χ1v) is 7.28. The number of amides is 3. The standard InChI is InChI=1S/C14H17N5O5.ClH/c15-18-10-4-3-9(8-17-10)14(23)16-7-1-2-13(22)24-19-11(20)5-6-12(19)21;/h3-4,8H,1-2,5-7,15H2,(H,16,23)(H,17,18);1H. The highest BCUT2D eigenvalue weighted by molar-refractivity contribution is 6.01. The highest BCUT2D eigenvalue weighted by Gasteiger charge is 2.32. The molecule has 1 saturated heterocycles. The first kappa shape index (κ1) is 20.3. The number of pyridine rings is 1. The molecule has 1 fully saturated rings. The third-order valence-corrected chi connectivity index (χ3v) is 3.22. The number of imide groups is 1. The van der Waals surface area contributed by atoms with Crippen LogP contribution in [0.4, 0.5) is 5.82 Å². The summed E-state index contributed by atoms with van der Waals surface area (Å²) in [6.45, 7) is 0.229. The zero-order valence-corrected chi connectivity index (χ0v) is 14.0. The fourth-order valence-electron chi connectivity index (χ4n) is 1.96. The molecule has 1 aliphatic heterocycles. The van der Waals surface area contributed by atoms with Crippen molar-refractivity contribution in [1.82, 2.24) is 15.4 Å². The minimum absolute atomic E-state index is 0. The van der Waals surface area contributed by atoms with Gasteiger partial charge in [-0.25, -0.2) is 15.6 Å². The lowest BCUT2D eigenvalue weighted by atomic mass is 10.2. The van der Waals surface area contributed by atoms with Crippen molar-refractivity contribution in [3.05, 3.63) is 23.9 Å². The van der Waals surface area contributed by atoms with Gasteiger partial charge < -0.3 is 15.6 Å². The third-order valence-electron chi connectivity index (χ3n) is 3.22. The third kappa shape index (κ3) is 5.69. The molecule has 0 atom stereocenters. The highest BCUT2D eigenvalue weighted by atomic mass is 35.5. The molecule has 2 rings (SSSR count). The van der Waals surface area contributed by atoms with Crippen molar-refractivity contribution in [2.24, 2.45) is 5.84 Å². The highest BCUT2D eigenvalue weighted by Crippen LogP contribution is 2.12. The molecule has 1 aliphatic rings. The topological polar surface area (TPSA) is 144 Å². The number of hydrazine groups is 1. The Morgan fingerprint density at radius 1 is 1.24 bits per heavy atom. The van der Waals surface area contributed by atoms with Crippen molar-refractivity contribution in [3.63, 3.8) is 0 Å². The maximum absolute atomic E-state index is 11.8. The number of nitrogen functional groups attached to an aromatic ring is 1. The lowest BCUT2D eigenvalue weighted by Gasteiger charge is -2.12. The average Bonchev–Trinajstić information content (AvgIpc) is 2.90. The molecule has 0 spiro atoms. The fourth-order valence-corrected chi connectivity index (χ4v) is 1.96. The van der Waals surface area contributed by atoms with E-state index in [1.807, 2.05) is 0 Å². The van der Waals surface area contributed by atoms with Gasteiger partial charge in [0.05, 0.1) is 5.56 Å². The number of nitrogens with zero attached hydrogens (tertiary/aromatic N) is 2. The number of carbonyl (C=O) groups excluding carboxylic acids is 4. The Bertz CT molecular complexity index is 636. The van der Waals surface area contributed by atoms with Crippen LogP contribution in [0.25, 0.3) is 0 Å². The first-order valence-electron chi connectivity index (χ1n) is 7.28. The van der Waals surface area contributed by atoms with Crippen molar-refractivity contribution < 1.29 is 24.0 Å². The zero-order chi connectivity index (χ0) is 17.5. The van der Waals surface area contributed by atoms with E-state index in [1.54, 1.807) is 12.1 Å². The van der Waals surface area contributed by atoms with Gasteiger partial charge in [-0.15, -0.1) is 17.5 Å².